The Balaban J connectivity index is 2.05. The van der Waals surface area contributed by atoms with Crippen LogP contribution >= 0.6 is 0 Å². The summed E-state index contributed by atoms with van der Waals surface area (Å²) in [6, 6.07) is 5.18. The Morgan fingerprint density at radius 2 is 1.77 bits per heavy atom. The molecule has 1 amide bonds. The zero-order valence-electron chi connectivity index (χ0n) is 13.6. The summed E-state index contributed by atoms with van der Waals surface area (Å²) in [7, 11) is 0. The van der Waals surface area contributed by atoms with Gasteiger partial charge in [-0.15, -0.1) is 0 Å². The standard InChI is InChI=1S/C16H23N3O3/c1-12-11-13(5-6-14(12)19(21)22)17-7-9-18(10-8-17)15(20)16(2,3)4/h5-6,11H,7-10H2,1-4H3. The molecule has 120 valence electrons. The number of carbonyl (C=O) groups is 1. The van der Waals surface area contributed by atoms with Gasteiger partial charge in [-0.05, 0) is 19.1 Å². The van der Waals surface area contributed by atoms with Crippen molar-refractivity contribution in [3.05, 3.63) is 33.9 Å². The minimum absolute atomic E-state index is 0.144. The van der Waals surface area contributed by atoms with Gasteiger partial charge in [0.15, 0.2) is 0 Å². The predicted octanol–water partition coefficient (Wildman–Crippen LogP) is 2.60. The van der Waals surface area contributed by atoms with E-state index in [2.05, 4.69) is 4.90 Å². The molecule has 1 fully saturated rings. The summed E-state index contributed by atoms with van der Waals surface area (Å²) in [6.45, 7) is 10.4. The van der Waals surface area contributed by atoms with E-state index < -0.39 is 0 Å². The number of nitrogens with zero attached hydrogens (tertiary/aromatic N) is 3. The first kappa shape index (κ1) is 16.3. The maximum atomic E-state index is 12.3. The Morgan fingerprint density at radius 3 is 2.23 bits per heavy atom. The smallest absolute Gasteiger partial charge is 0.272 e. The molecule has 0 unspecified atom stereocenters. The quantitative estimate of drug-likeness (QED) is 0.622. The average molecular weight is 305 g/mol. The van der Waals surface area contributed by atoms with Crippen LogP contribution < -0.4 is 4.90 Å². The molecule has 0 bridgehead atoms. The predicted molar refractivity (Wildman–Crippen MR) is 86.1 cm³/mol. The fourth-order valence-corrected chi connectivity index (χ4v) is 2.68. The third kappa shape index (κ3) is 3.37. The zero-order valence-corrected chi connectivity index (χ0v) is 13.6. The number of piperazine rings is 1. The van der Waals surface area contributed by atoms with Crippen molar-refractivity contribution in [2.75, 3.05) is 31.1 Å². The first-order chi connectivity index (χ1) is 10.2. The molecule has 0 spiro atoms. The maximum absolute atomic E-state index is 12.3. The van der Waals surface area contributed by atoms with Crippen molar-refractivity contribution < 1.29 is 9.72 Å². The van der Waals surface area contributed by atoms with Gasteiger partial charge in [-0.3, -0.25) is 14.9 Å². The van der Waals surface area contributed by atoms with Crippen molar-refractivity contribution in [3.8, 4) is 0 Å². The highest BCUT2D eigenvalue weighted by Gasteiger charge is 2.29. The summed E-state index contributed by atoms with van der Waals surface area (Å²) in [5, 5.41) is 10.9. The van der Waals surface area contributed by atoms with Crippen molar-refractivity contribution in [2.24, 2.45) is 5.41 Å². The monoisotopic (exact) mass is 305 g/mol. The van der Waals surface area contributed by atoms with E-state index in [-0.39, 0.29) is 21.9 Å². The lowest BCUT2D eigenvalue weighted by atomic mass is 9.94. The molecule has 1 aromatic carbocycles. The molecule has 6 nitrogen and oxygen atoms in total. The maximum Gasteiger partial charge on any atom is 0.272 e. The van der Waals surface area contributed by atoms with E-state index in [4.69, 9.17) is 0 Å². The molecule has 0 atom stereocenters. The molecule has 1 aromatic rings. The highest BCUT2D eigenvalue weighted by atomic mass is 16.6. The molecular weight excluding hydrogens is 282 g/mol. The second kappa shape index (κ2) is 5.94. The van der Waals surface area contributed by atoms with Gasteiger partial charge in [-0.25, -0.2) is 0 Å². The summed E-state index contributed by atoms with van der Waals surface area (Å²) < 4.78 is 0. The third-order valence-electron chi connectivity index (χ3n) is 3.95. The number of nitro groups is 1. The van der Waals surface area contributed by atoms with Crippen molar-refractivity contribution >= 4 is 17.3 Å². The molecule has 1 aliphatic rings. The molecule has 22 heavy (non-hydrogen) atoms. The number of amides is 1. The van der Waals surface area contributed by atoms with Crippen LogP contribution in [0.4, 0.5) is 11.4 Å². The lowest BCUT2D eigenvalue weighted by Gasteiger charge is -2.38. The second-order valence-corrected chi connectivity index (χ2v) is 6.76. The van der Waals surface area contributed by atoms with E-state index in [0.717, 1.165) is 18.8 Å². The van der Waals surface area contributed by atoms with Crippen LogP contribution in [-0.2, 0) is 4.79 Å². The van der Waals surface area contributed by atoms with Gasteiger partial charge < -0.3 is 9.80 Å². The minimum atomic E-state index is -0.362. The van der Waals surface area contributed by atoms with Crippen LogP contribution in [0.3, 0.4) is 0 Å². The van der Waals surface area contributed by atoms with E-state index in [0.29, 0.717) is 18.7 Å². The van der Waals surface area contributed by atoms with Crippen LogP contribution in [0.2, 0.25) is 0 Å². The van der Waals surface area contributed by atoms with E-state index in [1.165, 1.54) is 0 Å². The molecule has 0 N–H and O–H groups in total. The van der Waals surface area contributed by atoms with Crippen molar-refractivity contribution in [1.82, 2.24) is 4.90 Å². The summed E-state index contributed by atoms with van der Waals surface area (Å²) in [6.07, 6.45) is 0. The fraction of sp³-hybridized carbons (Fsp3) is 0.562. The molecule has 6 heteroatoms. The average Bonchev–Trinajstić information content (AvgIpc) is 2.45. The normalized spacial score (nSPS) is 15.8. The zero-order chi connectivity index (χ0) is 16.5. The lowest BCUT2D eigenvalue weighted by molar-refractivity contribution is -0.385. The largest absolute Gasteiger partial charge is 0.368 e. The van der Waals surface area contributed by atoms with Gasteiger partial charge >= 0.3 is 0 Å². The van der Waals surface area contributed by atoms with Gasteiger partial charge in [0.25, 0.3) is 5.69 Å². The molecule has 0 radical (unpaired) electrons. The van der Waals surface area contributed by atoms with Crippen LogP contribution in [0.15, 0.2) is 18.2 Å². The van der Waals surface area contributed by atoms with Crippen molar-refractivity contribution in [1.29, 1.82) is 0 Å². The van der Waals surface area contributed by atoms with E-state index in [9.17, 15) is 14.9 Å². The van der Waals surface area contributed by atoms with Gasteiger partial charge in [0, 0.05) is 48.9 Å². The molecule has 1 aliphatic heterocycles. The number of carbonyl (C=O) groups excluding carboxylic acids is 1. The third-order valence-corrected chi connectivity index (χ3v) is 3.95. The van der Waals surface area contributed by atoms with Crippen LogP contribution in [0.5, 0.6) is 0 Å². The molecular formula is C16H23N3O3. The van der Waals surface area contributed by atoms with Crippen LogP contribution in [0.1, 0.15) is 26.3 Å². The van der Waals surface area contributed by atoms with Gasteiger partial charge in [-0.2, -0.15) is 0 Å². The Labute approximate surface area is 130 Å². The van der Waals surface area contributed by atoms with Gasteiger partial charge in [0.1, 0.15) is 0 Å². The van der Waals surface area contributed by atoms with E-state index in [1.807, 2.05) is 31.7 Å². The molecule has 0 saturated carbocycles. The Bertz CT molecular complexity index is 585. The van der Waals surface area contributed by atoms with E-state index in [1.54, 1.807) is 19.1 Å². The van der Waals surface area contributed by atoms with Crippen LogP contribution in [0, 0.1) is 22.5 Å². The highest BCUT2D eigenvalue weighted by Crippen LogP contribution is 2.26. The van der Waals surface area contributed by atoms with Crippen LogP contribution in [0.25, 0.3) is 0 Å². The first-order valence-corrected chi connectivity index (χ1v) is 7.49. The number of aryl methyl sites for hydroxylation is 1. The lowest BCUT2D eigenvalue weighted by Crippen LogP contribution is -2.51. The molecule has 0 aliphatic carbocycles. The first-order valence-electron chi connectivity index (χ1n) is 7.49. The number of hydrogen-bond donors (Lipinski definition) is 0. The number of anilines is 1. The van der Waals surface area contributed by atoms with E-state index >= 15 is 0 Å². The van der Waals surface area contributed by atoms with Gasteiger partial charge in [0.05, 0.1) is 4.92 Å². The number of rotatable bonds is 2. The fourth-order valence-electron chi connectivity index (χ4n) is 2.68. The van der Waals surface area contributed by atoms with Crippen LogP contribution in [-0.4, -0.2) is 41.9 Å². The topological polar surface area (TPSA) is 66.7 Å². The number of hydrogen-bond acceptors (Lipinski definition) is 4. The molecule has 1 heterocycles. The number of nitro benzene ring substituents is 1. The SMILES string of the molecule is Cc1cc(N2CCN(C(=O)C(C)(C)C)CC2)ccc1[N+](=O)[O-]. The minimum Gasteiger partial charge on any atom is -0.368 e. The van der Waals surface area contributed by atoms with Crippen molar-refractivity contribution in [3.63, 3.8) is 0 Å². The summed E-state index contributed by atoms with van der Waals surface area (Å²) in [5.74, 6) is 0.173. The second-order valence-electron chi connectivity index (χ2n) is 6.76. The summed E-state index contributed by atoms with van der Waals surface area (Å²) >= 11 is 0. The van der Waals surface area contributed by atoms with Gasteiger partial charge in [0.2, 0.25) is 5.91 Å². The Morgan fingerprint density at radius 1 is 1.18 bits per heavy atom. The molecule has 0 aromatic heterocycles. The summed E-state index contributed by atoms with van der Waals surface area (Å²) in [5.41, 5.74) is 1.43. The molecule has 2 rings (SSSR count). The van der Waals surface area contributed by atoms with Crippen molar-refractivity contribution in [2.45, 2.75) is 27.7 Å². The number of benzene rings is 1. The highest BCUT2D eigenvalue weighted by molar-refractivity contribution is 5.81. The Hall–Kier alpha value is -2.11. The Kier molecular flexibility index (Phi) is 4.39. The summed E-state index contributed by atoms with van der Waals surface area (Å²) in [4.78, 5) is 26.8. The van der Waals surface area contributed by atoms with Gasteiger partial charge in [-0.1, -0.05) is 20.8 Å². The molecule has 1 saturated heterocycles.